The Morgan fingerprint density at radius 2 is 0.397 bits per heavy atom. The van der Waals surface area contributed by atoms with Crippen LogP contribution in [0, 0.1) is 0 Å². The second-order valence-electron chi connectivity index (χ2n) is 34.8. The van der Waals surface area contributed by atoms with Crippen molar-refractivity contribution in [2.75, 3.05) is 19.6 Å². The van der Waals surface area contributed by atoms with E-state index in [-0.39, 0.29) is 0 Å². The molecule has 4 heterocycles. The molecule has 0 spiro atoms. The molecule has 1 aliphatic rings. The molecule has 0 saturated carbocycles. The molecule has 0 unspecified atom stereocenters. The van der Waals surface area contributed by atoms with Crippen molar-refractivity contribution in [1.82, 2.24) is 9.13 Å². The van der Waals surface area contributed by atoms with Crippen LogP contribution in [0.15, 0.2) is 482 Å². The van der Waals surface area contributed by atoms with Crippen LogP contribution in [0.25, 0.3) is 154 Å². The molecule has 20 aromatic carbocycles. The van der Waals surface area contributed by atoms with Crippen molar-refractivity contribution in [3.63, 3.8) is 0 Å². The molecule has 0 aliphatic heterocycles. The summed E-state index contributed by atoms with van der Waals surface area (Å²) in [6, 6.07) is 172. The molecule has 0 amide bonds. The maximum absolute atomic E-state index is 6.32. The van der Waals surface area contributed by atoms with E-state index in [9.17, 15) is 0 Å². The molecule has 4 aromatic heterocycles. The van der Waals surface area contributed by atoms with Crippen LogP contribution < -0.4 is 19.6 Å². The van der Waals surface area contributed by atoms with Gasteiger partial charge < -0.3 is 37.6 Å². The van der Waals surface area contributed by atoms with Crippen LogP contribution in [0.4, 0.5) is 68.2 Å². The van der Waals surface area contributed by atoms with Crippen LogP contribution in [0.3, 0.4) is 0 Å². The van der Waals surface area contributed by atoms with E-state index in [0.717, 1.165) is 168 Å². The van der Waals surface area contributed by atoms with Crippen molar-refractivity contribution in [2.24, 2.45) is 0 Å². The van der Waals surface area contributed by atoms with E-state index in [0.29, 0.717) is 0 Å². The Morgan fingerprint density at radius 3 is 0.702 bits per heavy atom. The smallest absolute Gasteiger partial charge is 0.136 e. The summed E-state index contributed by atoms with van der Waals surface area (Å²) in [5.74, 6) is 0. The number of rotatable bonds is 18. The first-order valence-corrected chi connectivity index (χ1v) is 44.9. The first kappa shape index (κ1) is 76.3. The van der Waals surface area contributed by atoms with Crippen molar-refractivity contribution in [3.05, 3.63) is 484 Å². The molecule has 24 aromatic rings. The number of nitrogens with zero attached hydrogens (tertiary/aromatic N) is 6. The summed E-state index contributed by atoms with van der Waals surface area (Å²) >= 11 is 0. The number of aromatic nitrogens is 2. The molecule has 8 heteroatoms. The summed E-state index contributed by atoms with van der Waals surface area (Å²) < 4.78 is 17.4. The second kappa shape index (κ2) is 31.1. The lowest BCUT2D eigenvalue weighted by atomic mass is 9.82. The summed E-state index contributed by atoms with van der Waals surface area (Å²) in [5, 5.41) is 9.45. The summed E-state index contributed by atoms with van der Waals surface area (Å²) in [6.07, 6.45) is 0. The fraction of sp³-hybridized carbons (Fsp3) is 0.0244. The molecule has 8 nitrogen and oxygen atoms in total. The third-order valence-electron chi connectivity index (χ3n) is 26.9. The third-order valence-corrected chi connectivity index (χ3v) is 26.9. The SMILES string of the molecule is CC1(C)c2cc(N(c3ccc(-c4ccc(N(c5ccccc5)c5ccc(-c6ccc7c(c6)oc6ccccc67)cc5)cc4)cc3)c3ccc(-n4c5ccccc5c5ccccc54)cc3)ccc2-c2ccc(N(c3ccc(-c4ccc(N(c5ccccc5)c5ccc(-c6ccc7c(c6)oc6ccccc67)cc5)cc4)cc3)c3ccc(-n4c5ccccc5c5ccccc54)cc3)cc21. The normalized spacial score (nSPS) is 12.3. The van der Waals surface area contributed by atoms with Crippen molar-refractivity contribution >= 4 is 156 Å². The molecular formula is C123H84N6O2. The van der Waals surface area contributed by atoms with Crippen LogP contribution in [0.1, 0.15) is 25.0 Å². The Morgan fingerprint density at radius 1 is 0.176 bits per heavy atom. The zero-order chi connectivity index (χ0) is 86.8. The lowest BCUT2D eigenvalue weighted by Crippen LogP contribution is -2.17. The number of hydrogen-bond acceptors (Lipinski definition) is 6. The number of hydrogen-bond donors (Lipinski definition) is 0. The van der Waals surface area contributed by atoms with Crippen LogP contribution in [-0.4, -0.2) is 9.13 Å². The third kappa shape index (κ3) is 13.1. The van der Waals surface area contributed by atoms with Crippen LogP contribution in [-0.2, 0) is 5.41 Å². The van der Waals surface area contributed by atoms with E-state index in [1.807, 2.05) is 24.3 Å². The lowest BCUT2D eigenvalue weighted by molar-refractivity contribution is 0.660. The van der Waals surface area contributed by atoms with Crippen molar-refractivity contribution < 1.29 is 8.83 Å². The molecule has 1 aliphatic carbocycles. The van der Waals surface area contributed by atoms with Gasteiger partial charge in [-0.3, -0.25) is 0 Å². The van der Waals surface area contributed by atoms with E-state index >= 15 is 0 Å². The van der Waals surface area contributed by atoms with Gasteiger partial charge in [0.05, 0.1) is 22.1 Å². The number of benzene rings is 20. The fourth-order valence-corrected chi connectivity index (χ4v) is 20.5. The maximum Gasteiger partial charge on any atom is 0.136 e. The average Bonchev–Trinajstić information content (AvgIpc) is 1.57. The highest BCUT2D eigenvalue weighted by Crippen LogP contribution is 2.54. The molecule has 618 valence electrons. The molecule has 0 fully saturated rings. The quantitative estimate of drug-likeness (QED) is 0.0853. The topological polar surface area (TPSA) is 49.1 Å². The summed E-state index contributed by atoms with van der Waals surface area (Å²) in [5.41, 5.74) is 36.7. The van der Waals surface area contributed by atoms with Crippen molar-refractivity contribution in [3.8, 4) is 67.0 Å². The summed E-state index contributed by atoms with van der Waals surface area (Å²) in [7, 11) is 0. The van der Waals surface area contributed by atoms with Crippen molar-refractivity contribution in [1.29, 1.82) is 0 Å². The zero-order valence-corrected chi connectivity index (χ0v) is 72.0. The van der Waals surface area contributed by atoms with Crippen LogP contribution >= 0.6 is 0 Å². The highest BCUT2D eigenvalue weighted by molar-refractivity contribution is 6.12. The zero-order valence-electron chi connectivity index (χ0n) is 72.0. The molecule has 0 radical (unpaired) electrons. The Balaban J connectivity index is 0.543. The monoisotopic (exact) mass is 1680 g/mol. The van der Waals surface area contributed by atoms with Gasteiger partial charge in [-0.2, -0.15) is 0 Å². The van der Waals surface area contributed by atoms with Crippen LogP contribution in [0.5, 0.6) is 0 Å². The van der Waals surface area contributed by atoms with E-state index in [1.54, 1.807) is 0 Å². The predicted octanol–water partition coefficient (Wildman–Crippen LogP) is 34.5. The van der Waals surface area contributed by atoms with Gasteiger partial charge in [-0.25, -0.2) is 0 Å². The molecule has 25 rings (SSSR count). The summed E-state index contributed by atoms with van der Waals surface area (Å²) in [6.45, 7) is 4.81. The Kier molecular flexibility index (Phi) is 18.1. The van der Waals surface area contributed by atoms with E-state index in [4.69, 9.17) is 8.83 Å². The second-order valence-corrected chi connectivity index (χ2v) is 34.8. The molecular weight excluding hydrogens is 1590 g/mol. The maximum atomic E-state index is 6.32. The number of furan rings is 2. The first-order chi connectivity index (χ1) is 64.7. The first-order valence-electron chi connectivity index (χ1n) is 44.9. The standard InChI is InChI=1S/C123H84N6O2/c1-123(2)113-79-101(126(97-63-67-99(68-64-97)128-115-31-15-9-25-105(115)106-26-10-16-32-116(106)128)95-55-41-83(42-56-95)81-37-51-91(52-38-81)124(89-21-5-3-6-22-89)93-59-45-85(46-60-93)87-49-73-111-109-29-13-19-35-119(109)130-121(111)77-87)71-75-103(113)104-76-72-102(80-114(104)123)127(98-65-69-100(70-66-98)129-117-33-17-11-27-107(117)108-28-12-18-34-118(108)129)96-57-43-84(44-58-96)82-39-53-92(54-40-82)125(90-23-7-4-8-24-90)94-61-47-86(48-62-94)88-50-74-112-110-30-14-20-36-120(110)131-122(112)78-88/h3-80H,1-2H3. The van der Waals surface area contributed by atoms with Gasteiger partial charge in [0.25, 0.3) is 0 Å². The van der Waals surface area contributed by atoms with Crippen molar-refractivity contribution in [2.45, 2.75) is 19.3 Å². The van der Waals surface area contributed by atoms with Crippen LogP contribution in [0.2, 0.25) is 0 Å². The Labute approximate surface area is 758 Å². The van der Waals surface area contributed by atoms with Gasteiger partial charge in [0.1, 0.15) is 22.3 Å². The van der Waals surface area contributed by atoms with Gasteiger partial charge >= 0.3 is 0 Å². The minimum Gasteiger partial charge on any atom is -0.456 e. The minimum absolute atomic E-state index is 0.418. The highest BCUT2D eigenvalue weighted by Gasteiger charge is 2.37. The van der Waals surface area contributed by atoms with E-state index in [1.165, 1.54) is 65.9 Å². The van der Waals surface area contributed by atoms with Gasteiger partial charge in [-0.15, -0.1) is 0 Å². The fourth-order valence-electron chi connectivity index (χ4n) is 20.5. The lowest BCUT2D eigenvalue weighted by Gasteiger charge is -2.29. The number of anilines is 12. The number of fused-ring (bicyclic) bond motifs is 15. The predicted molar refractivity (Wildman–Crippen MR) is 548 cm³/mol. The molecule has 0 saturated heterocycles. The van der Waals surface area contributed by atoms with Gasteiger partial charge in [0.15, 0.2) is 0 Å². The molecule has 0 bridgehead atoms. The Hall–Kier alpha value is -17.2. The molecule has 0 N–H and O–H groups in total. The van der Waals surface area contributed by atoms with E-state index < -0.39 is 5.41 Å². The van der Waals surface area contributed by atoms with E-state index in [2.05, 4.69) is 491 Å². The van der Waals surface area contributed by atoms with Gasteiger partial charge in [0, 0.05) is 128 Å². The summed E-state index contributed by atoms with van der Waals surface area (Å²) in [4.78, 5) is 9.52. The molecule has 131 heavy (non-hydrogen) atoms. The molecule has 0 atom stereocenters. The van der Waals surface area contributed by atoms with Gasteiger partial charge in [-0.05, 0) is 297 Å². The average molecular weight is 1680 g/mol. The minimum atomic E-state index is -0.418. The highest BCUT2D eigenvalue weighted by atomic mass is 16.3. The Bertz CT molecular complexity index is 7900. The van der Waals surface area contributed by atoms with Gasteiger partial charge in [-0.1, -0.05) is 257 Å². The largest absolute Gasteiger partial charge is 0.456 e. The number of para-hydroxylation sites is 8. The van der Waals surface area contributed by atoms with Gasteiger partial charge in [0.2, 0.25) is 0 Å².